The first-order chi connectivity index (χ1) is 15.0. The Morgan fingerprint density at radius 1 is 1.09 bits per heavy atom. The number of esters is 1. The zero-order valence-corrected chi connectivity index (χ0v) is 17.5. The quantitative estimate of drug-likeness (QED) is 0.564. The molecule has 1 heterocycles. The molecule has 9 nitrogen and oxygen atoms in total. The molecule has 2 N–H and O–H groups in total. The number of hydrogen-bond donors (Lipinski definition) is 2. The molecule has 0 spiro atoms. The van der Waals surface area contributed by atoms with Crippen molar-refractivity contribution in [2.24, 2.45) is 0 Å². The summed E-state index contributed by atoms with van der Waals surface area (Å²) in [6, 6.07) is 4.97. The molecule has 0 radical (unpaired) electrons. The average Bonchev–Trinajstić information content (AvgIpc) is 2.76. The normalized spacial score (nSPS) is 10.8. The molecule has 0 fully saturated rings. The molecule has 0 aliphatic heterocycles. The lowest BCUT2D eigenvalue weighted by molar-refractivity contribution is -0.146. The number of nitrogens with zero attached hydrogens (tertiary/aromatic N) is 1. The van der Waals surface area contributed by atoms with Gasteiger partial charge in [-0.25, -0.2) is 4.98 Å². The van der Waals surface area contributed by atoms with Gasteiger partial charge in [0, 0.05) is 11.8 Å². The van der Waals surface area contributed by atoms with E-state index in [4.69, 9.17) is 25.8 Å². The topological polar surface area (TPSA) is 116 Å². The van der Waals surface area contributed by atoms with Crippen LogP contribution in [-0.2, 0) is 20.5 Å². The average molecular weight is 476 g/mol. The Bertz CT molecular complexity index is 1020. The van der Waals surface area contributed by atoms with Gasteiger partial charge in [-0.3, -0.25) is 14.4 Å². The molecule has 172 valence electrons. The number of carbonyl (C=O) groups excluding carboxylic acids is 3. The molecular weight excluding hydrogens is 459 g/mol. The minimum absolute atomic E-state index is 0.191. The summed E-state index contributed by atoms with van der Waals surface area (Å²) in [5.41, 5.74) is -0.895. The number of benzene rings is 1. The number of anilines is 1. The molecule has 0 saturated heterocycles. The second kappa shape index (κ2) is 10.7. The Balaban J connectivity index is 1.83. The van der Waals surface area contributed by atoms with Crippen molar-refractivity contribution < 1.29 is 41.8 Å². The lowest BCUT2D eigenvalue weighted by Crippen LogP contribution is -2.32. The predicted octanol–water partition coefficient (Wildman–Crippen LogP) is 2.68. The highest BCUT2D eigenvalue weighted by atomic mass is 35.5. The smallest absolute Gasteiger partial charge is 0.417 e. The number of methoxy groups -OCH3 is 2. The van der Waals surface area contributed by atoms with E-state index in [9.17, 15) is 27.6 Å². The molecule has 2 aromatic rings. The fraction of sp³-hybridized carbons (Fsp3) is 0.263. The fourth-order valence-electron chi connectivity index (χ4n) is 2.28. The van der Waals surface area contributed by atoms with E-state index >= 15 is 0 Å². The number of alkyl halides is 3. The van der Waals surface area contributed by atoms with Crippen LogP contribution < -0.4 is 20.1 Å². The second-order valence-corrected chi connectivity index (χ2v) is 6.42. The number of rotatable bonds is 8. The molecule has 2 rings (SSSR count). The molecule has 0 aliphatic carbocycles. The highest BCUT2D eigenvalue weighted by Crippen LogP contribution is 2.32. The Morgan fingerprint density at radius 3 is 2.38 bits per heavy atom. The number of aromatic nitrogens is 1. The summed E-state index contributed by atoms with van der Waals surface area (Å²) in [4.78, 5) is 39.1. The molecule has 1 aromatic carbocycles. The highest BCUT2D eigenvalue weighted by Gasteiger charge is 2.31. The summed E-state index contributed by atoms with van der Waals surface area (Å²) in [7, 11) is 2.83. The van der Waals surface area contributed by atoms with Crippen LogP contribution in [0.1, 0.15) is 15.9 Å². The van der Waals surface area contributed by atoms with Gasteiger partial charge in [-0.1, -0.05) is 11.6 Å². The van der Waals surface area contributed by atoms with Crippen molar-refractivity contribution in [2.45, 2.75) is 6.18 Å². The Labute approximate surface area is 184 Å². The van der Waals surface area contributed by atoms with Crippen LogP contribution in [0.5, 0.6) is 11.5 Å². The van der Waals surface area contributed by atoms with Crippen LogP contribution in [0.2, 0.25) is 5.02 Å². The van der Waals surface area contributed by atoms with Crippen molar-refractivity contribution in [3.05, 3.63) is 46.6 Å². The van der Waals surface area contributed by atoms with Gasteiger partial charge in [0.1, 0.15) is 6.54 Å². The van der Waals surface area contributed by atoms with E-state index in [1.54, 1.807) is 0 Å². The van der Waals surface area contributed by atoms with E-state index in [1.165, 1.54) is 32.4 Å². The molecule has 13 heteroatoms. The van der Waals surface area contributed by atoms with Crippen LogP contribution in [0.3, 0.4) is 0 Å². The summed E-state index contributed by atoms with van der Waals surface area (Å²) in [6.45, 7) is -1.32. The first-order valence-electron chi connectivity index (χ1n) is 8.73. The standard InChI is InChI=1S/C19H17ClF3N3O6/c1-30-13-4-3-10(5-14(13)31-2)18(29)25-8-16(28)32-9-15(27)26-17-12(20)6-11(7-24-17)19(21,22)23/h3-7H,8-9H2,1-2H3,(H,25,29)(H,24,26,27). The highest BCUT2D eigenvalue weighted by molar-refractivity contribution is 6.33. The third kappa shape index (κ3) is 6.74. The van der Waals surface area contributed by atoms with Gasteiger partial charge in [0.15, 0.2) is 23.9 Å². The van der Waals surface area contributed by atoms with Crippen LogP contribution in [0.4, 0.5) is 19.0 Å². The largest absolute Gasteiger partial charge is 0.493 e. The summed E-state index contributed by atoms with van der Waals surface area (Å²) >= 11 is 5.68. The minimum atomic E-state index is -4.64. The number of ether oxygens (including phenoxy) is 3. The van der Waals surface area contributed by atoms with E-state index in [1.807, 2.05) is 0 Å². The van der Waals surface area contributed by atoms with Crippen LogP contribution in [-0.4, -0.2) is 50.1 Å². The molecule has 0 saturated carbocycles. The zero-order valence-electron chi connectivity index (χ0n) is 16.7. The lowest BCUT2D eigenvalue weighted by atomic mass is 10.2. The molecule has 32 heavy (non-hydrogen) atoms. The van der Waals surface area contributed by atoms with Gasteiger partial charge in [-0.2, -0.15) is 13.2 Å². The van der Waals surface area contributed by atoms with Gasteiger partial charge in [-0.15, -0.1) is 0 Å². The van der Waals surface area contributed by atoms with Gasteiger partial charge in [0.2, 0.25) is 0 Å². The van der Waals surface area contributed by atoms with Gasteiger partial charge < -0.3 is 24.8 Å². The molecule has 0 atom stereocenters. The number of carbonyl (C=O) groups is 3. The zero-order chi connectivity index (χ0) is 23.9. The number of pyridine rings is 1. The number of halogens is 4. The Morgan fingerprint density at radius 2 is 1.78 bits per heavy atom. The van der Waals surface area contributed by atoms with Crippen LogP contribution in [0.15, 0.2) is 30.5 Å². The van der Waals surface area contributed by atoms with Crippen molar-refractivity contribution in [1.29, 1.82) is 0 Å². The molecule has 0 bridgehead atoms. The van der Waals surface area contributed by atoms with Gasteiger partial charge in [-0.05, 0) is 24.3 Å². The molecular formula is C19H17ClF3N3O6. The van der Waals surface area contributed by atoms with E-state index in [-0.39, 0.29) is 11.4 Å². The third-order valence-corrected chi connectivity index (χ3v) is 4.12. The molecule has 0 unspecified atom stereocenters. The number of nitrogens with one attached hydrogen (secondary N) is 2. The predicted molar refractivity (Wildman–Crippen MR) is 106 cm³/mol. The van der Waals surface area contributed by atoms with Crippen LogP contribution in [0, 0.1) is 0 Å². The van der Waals surface area contributed by atoms with E-state index in [0.717, 1.165) is 0 Å². The number of amides is 2. The van der Waals surface area contributed by atoms with E-state index in [0.29, 0.717) is 23.8 Å². The van der Waals surface area contributed by atoms with Gasteiger partial charge in [0.05, 0.1) is 24.8 Å². The molecule has 0 aliphatic rings. The van der Waals surface area contributed by atoms with Crippen molar-refractivity contribution in [1.82, 2.24) is 10.3 Å². The van der Waals surface area contributed by atoms with Crippen molar-refractivity contribution in [3.8, 4) is 11.5 Å². The van der Waals surface area contributed by atoms with Crippen molar-refractivity contribution in [3.63, 3.8) is 0 Å². The van der Waals surface area contributed by atoms with Crippen molar-refractivity contribution in [2.75, 3.05) is 32.7 Å². The maximum absolute atomic E-state index is 12.6. The van der Waals surface area contributed by atoms with Crippen LogP contribution >= 0.6 is 11.6 Å². The fourth-order valence-corrected chi connectivity index (χ4v) is 2.50. The monoisotopic (exact) mass is 475 g/mol. The second-order valence-electron chi connectivity index (χ2n) is 6.01. The molecule has 1 aromatic heterocycles. The maximum Gasteiger partial charge on any atom is 0.417 e. The third-order valence-electron chi connectivity index (χ3n) is 3.83. The first kappa shape index (κ1) is 24.7. The summed E-state index contributed by atoms with van der Waals surface area (Å²) in [6.07, 6.45) is -4.15. The van der Waals surface area contributed by atoms with Crippen molar-refractivity contribution >= 4 is 35.2 Å². The maximum atomic E-state index is 12.6. The van der Waals surface area contributed by atoms with Gasteiger partial charge >= 0.3 is 12.1 Å². The Kier molecular flexibility index (Phi) is 8.24. The van der Waals surface area contributed by atoms with Gasteiger partial charge in [0.25, 0.3) is 11.8 Å². The minimum Gasteiger partial charge on any atom is -0.493 e. The summed E-state index contributed by atoms with van der Waals surface area (Å²) in [5, 5.41) is 3.98. The SMILES string of the molecule is COc1ccc(C(=O)NCC(=O)OCC(=O)Nc2ncc(C(F)(F)F)cc2Cl)cc1OC. The van der Waals surface area contributed by atoms with E-state index in [2.05, 4.69) is 15.6 Å². The number of hydrogen-bond acceptors (Lipinski definition) is 7. The summed E-state index contributed by atoms with van der Waals surface area (Å²) in [5.74, 6) is -2.03. The summed E-state index contributed by atoms with van der Waals surface area (Å²) < 4.78 is 52.6. The lowest BCUT2D eigenvalue weighted by Gasteiger charge is -2.11. The Hall–Kier alpha value is -3.54. The molecule has 2 amide bonds. The first-order valence-corrected chi connectivity index (χ1v) is 9.11. The van der Waals surface area contributed by atoms with E-state index < -0.39 is 47.7 Å². The van der Waals surface area contributed by atoms with Crippen LogP contribution in [0.25, 0.3) is 0 Å².